The number of rotatable bonds is 36. The number of fused-ring (bicyclic) bond motifs is 5. The maximum atomic E-state index is 16.0. The lowest BCUT2D eigenvalue weighted by Gasteiger charge is -2.37. The number of nitrogens with two attached hydrogens (primary N) is 1. The van der Waals surface area contributed by atoms with Crippen molar-refractivity contribution in [3.05, 3.63) is 285 Å². The largest absolute Gasteiger partial charge is 0.607 e. The smallest absolute Gasteiger partial charge is 0.419 e. The zero-order valence-corrected chi connectivity index (χ0v) is 73.2. The Morgan fingerprint density at radius 1 is 0.654 bits per heavy atom. The normalized spacial score (nSPS) is 14.0. The van der Waals surface area contributed by atoms with Crippen molar-refractivity contribution in [1.29, 1.82) is 5.41 Å². The van der Waals surface area contributed by atoms with Crippen molar-refractivity contribution in [1.82, 2.24) is 50.7 Å². The van der Waals surface area contributed by atoms with Gasteiger partial charge in [-0.1, -0.05) is 188 Å². The number of para-hydroxylation sites is 1. The Morgan fingerprint density at radius 2 is 1.16 bits per heavy atom. The van der Waals surface area contributed by atoms with Gasteiger partial charge >= 0.3 is 18.0 Å². The highest BCUT2D eigenvalue weighted by Gasteiger charge is 2.42. The molecule has 8 aromatic carbocycles. The van der Waals surface area contributed by atoms with Gasteiger partial charge in [0.05, 0.1) is 29.5 Å². The Labute approximate surface area is 740 Å². The third kappa shape index (κ3) is 22.6. The monoisotopic (exact) mass is 1740 g/mol. The predicted molar refractivity (Wildman–Crippen MR) is 481 cm³/mol. The predicted octanol–water partition coefficient (Wildman–Crippen LogP) is 11.6. The molecule has 0 bridgehead atoms. The lowest BCUT2D eigenvalue weighted by molar-refractivity contribution is -0.145. The van der Waals surface area contributed by atoms with Gasteiger partial charge in [-0.05, 0) is 173 Å². The molecule has 1 aliphatic heterocycles. The van der Waals surface area contributed by atoms with Gasteiger partial charge in [-0.3, -0.25) is 43.5 Å². The van der Waals surface area contributed by atoms with Crippen LogP contribution in [0.2, 0.25) is 0 Å². The molecule has 0 unspecified atom stereocenters. The minimum absolute atomic E-state index is 0.0271. The second-order valence-corrected chi connectivity index (χ2v) is 34.6. The molecule has 6 amide bonds. The van der Waals surface area contributed by atoms with Crippen molar-refractivity contribution >= 4 is 80.5 Å². The number of aromatic nitrogens is 3. The van der Waals surface area contributed by atoms with Gasteiger partial charge in [0.2, 0.25) is 41.6 Å². The standard InChI is InChI=1S/C95H107N13O16S.C2H2/c1-58-59(2)83(60(3)72-53-94(7,8)123-82(58)72)125(119,120)106-90(97)98-48-30-45-74(84(111)103-77(86(113)101-75(89(116)121-9)44-28-29-47-96)50-62-54-108(92(118)124-93(4,5)6)80-46-27-26-39-67(62)80)100-85(112)76(49-61-31-14-10-15-32-61)102-87(114)78(51-66-55-107(57-99-66)95(63-33-16-11-17-34-63,64-35-18-12-19-36-64)65-37-20-13-21-38-65)104-88(115)79(52-81(109)110)105-91(117)122-56-73-70-42-24-22-40-68(70)69-41-23-25-43-71(69)73;1-2/h10-27,31-43,46,54-55,57,73-79H,28-30,44-45,47-53,56,96H2,1-9H3,(H10,97,98,100,101,102,103,104,105,106,109,110,111,112,113,114,115,117);1-2H/p-1/t74-,75-,76+,77-,78-,79-;/m0./s1/i;1T. The molecular weight excluding hydrogens is 1640 g/mol. The molecule has 1 aliphatic carbocycles. The summed E-state index contributed by atoms with van der Waals surface area (Å²) in [7, 11) is -3.30. The van der Waals surface area contributed by atoms with E-state index in [0.29, 0.717) is 63.7 Å². The number of hydrogen-bond acceptors (Lipinski definition) is 18. The van der Waals surface area contributed by atoms with Crippen LogP contribution in [0.3, 0.4) is 0 Å². The highest BCUT2D eigenvalue weighted by molar-refractivity contribution is 7.90. The Morgan fingerprint density at radius 3 is 1.72 bits per heavy atom. The van der Waals surface area contributed by atoms with Crippen LogP contribution in [-0.4, -0.2) is 162 Å². The van der Waals surface area contributed by atoms with Gasteiger partial charge in [0, 0.05) is 67.9 Å². The van der Waals surface area contributed by atoms with Gasteiger partial charge in [-0.15, -0.1) is 12.8 Å². The van der Waals surface area contributed by atoms with Crippen LogP contribution < -0.4 is 47.1 Å². The number of unbranched alkanes of at least 4 members (excludes halogenated alkanes) is 1. The van der Waals surface area contributed by atoms with Crippen molar-refractivity contribution in [2.24, 2.45) is 5.73 Å². The van der Waals surface area contributed by atoms with E-state index in [4.69, 9.17) is 36.4 Å². The van der Waals surface area contributed by atoms with Crippen LogP contribution in [-0.2, 0) is 89.0 Å². The molecular formula is C97H108N13O16S-. The number of terminal acetylenes is 1. The average Bonchev–Trinajstić information content (AvgIpc) is 0.957. The molecule has 30 heteroatoms. The summed E-state index contributed by atoms with van der Waals surface area (Å²) < 4.78 is 63.1. The van der Waals surface area contributed by atoms with E-state index in [0.717, 1.165) is 51.6 Å². The van der Waals surface area contributed by atoms with Gasteiger partial charge in [0.15, 0.2) is 0 Å². The summed E-state index contributed by atoms with van der Waals surface area (Å²) in [5.74, 6) is -7.96. The van der Waals surface area contributed by atoms with E-state index in [1.165, 1.54) is 17.2 Å². The summed E-state index contributed by atoms with van der Waals surface area (Å²) in [5.41, 5.74) is 12.8. The number of hydrogen-bond donors (Lipinski definition) is 10. The van der Waals surface area contributed by atoms with Crippen molar-refractivity contribution in [2.45, 2.75) is 183 Å². The number of carboxylic acid groups (broad SMARTS) is 1. The molecule has 0 spiro atoms. The van der Waals surface area contributed by atoms with Crippen LogP contribution in [0.5, 0.6) is 5.75 Å². The van der Waals surface area contributed by atoms with E-state index in [9.17, 15) is 32.7 Å². The summed E-state index contributed by atoms with van der Waals surface area (Å²) in [4.78, 5) is 137. The van der Waals surface area contributed by atoms with Gasteiger partial charge in [0.1, 0.15) is 60.7 Å². The number of aliphatic carboxylic acids is 1. The molecule has 0 saturated heterocycles. The number of ether oxygens (including phenoxy) is 4. The van der Waals surface area contributed by atoms with Crippen LogP contribution in [0.25, 0.3) is 27.3 Å². The topological polar surface area (TPSA) is 416 Å². The van der Waals surface area contributed by atoms with E-state index < -0.39 is 141 Å². The lowest BCUT2D eigenvalue weighted by Crippen LogP contribution is -2.60. The highest BCUT2D eigenvalue weighted by atomic mass is 32.2. The summed E-state index contributed by atoms with van der Waals surface area (Å²) in [6.07, 6.45) is 7.23. The van der Waals surface area contributed by atoms with Crippen molar-refractivity contribution < 1.29 is 77.0 Å². The van der Waals surface area contributed by atoms with E-state index >= 15 is 24.0 Å². The molecule has 2 aliphatic rings. The van der Waals surface area contributed by atoms with E-state index in [-0.39, 0.29) is 62.4 Å². The maximum absolute atomic E-state index is 16.0. The van der Waals surface area contributed by atoms with Gasteiger partial charge in [0.25, 0.3) is 10.0 Å². The van der Waals surface area contributed by atoms with Gasteiger partial charge in [-0.25, -0.2) is 27.7 Å². The SMILES string of the molecule is COC(=O)[C@H](CCCCN)NC(=O)[C@H](Cc1cn(C(=O)OC(C)(C)C)c2ccccc12)NC(=O)[C@H](CCCNC(=N)NS(=O)(=O)c1c(C)c(C)c2c(c1C)CC(C)(C)O2)NC(=O)[C@@H](Cc1ccccc1)NC(=O)[C@H](Cc1cn(C(c2ccccc2)(c2ccccc2)c2ccccc2)cn1)NC(=O)[C@H](CC(=O)O)[N-]C(=O)OCC1c2ccccc2-c2ccccc21.[3H]C#C. The minimum atomic E-state index is -4.45. The zero-order valence-electron chi connectivity index (χ0n) is 73.4. The Bertz CT molecular complexity index is 5720. The average molecular weight is 1750 g/mol. The Kier molecular flexibility index (Phi) is 30.3. The summed E-state index contributed by atoms with van der Waals surface area (Å²) in [6, 6.07) is 49.3. The second-order valence-electron chi connectivity index (χ2n) is 33.0. The van der Waals surface area contributed by atoms with Crippen LogP contribution in [0.1, 0.15) is 147 Å². The van der Waals surface area contributed by atoms with Crippen LogP contribution in [0.15, 0.2) is 218 Å². The first-order valence-electron chi connectivity index (χ1n) is 42.4. The number of nitrogens with zero attached hydrogens (tertiary/aromatic N) is 4. The summed E-state index contributed by atoms with van der Waals surface area (Å²) in [5, 5.41) is 40.7. The maximum Gasteiger partial charge on any atom is 0.419 e. The Hall–Kier alpha value is -13.9. The molecule has 11 N–H and O–H groups in total. The fourth-order valence-corrected chi connectivity index (χ4v) is 18.0. The molecule has 664 valence electrons. The third-order valence-electron chi connectivity index (χ3n) is 22.4. The molecule has 2 aromatic heterocycles. The van der Waals surface area contributed by atoms with Crippen LogP contribution in [0, 0.1) is 39.0 Å². The summed E-state index contributed by atoms with van der Waals surface area (Å²) in [6.45, 7) is 13.8. The minimum Gasteiger partial charge on any atom is -0.607 e. The number of methoxy groups -OCH3 is 1. The molecule has 127 heavy (non-hydrogen) atoms. The first-order chi connectivity index (χ1) is 61.2. The third-order valence-corrected chi connectivity index (χ3v) is 24.0. The van der Waals surface area contributed by atoms with Crippen molar-refractivity contribution in [3.8, 4) is 29.7 Å². The number of esters is 1. The van der Waals surface area contributed by atoms with Crippen LogP contribution in [0.4, 0.5) is 9.59 Å². The molecule has 10 aromatic rings. The van der Waals surface area contributed by atoms with Crippen LogP contribution >= 0.6 is 0 Å². The molecule has 29 nitrogen and oxygen atoms in total. The molecule has 0 radical (unpaired) electrons. The molecule has 12 rings (SSSR count). The van der Waals surface area contributed by atoms with Crippen molar-refractivity contribution in [2.75, 3.05) is 26.8 Å². The number of carbonyl (C=O) groups is 9. The number of amides is 6. The number of carbonyl (C=O) groups excluding carboxylic acids is 8. The number of nitrogens with one attached hydrogen (secondary N) is 8. The molecule has 0 fully saturated rings. The number of guanidine groups is 1. The first kappa shape index (κ1) is 92.3. The van der Waals surface area contributed by atoms with E-state index in [1.54, 1.807) is 109 Å². The van der Waals surface area contributed by atoms with Crippen molar-refractivity contribution in [3.63, 3.8) is 0 Å². The molecule has 0 saturated carbocycles. The zero-order chi connectivity index (χ0) is 92.2. The fraction of sp³-hybridized carbons (Fsp3) is 0.330. The fourth-order valence-electron chi connectivity index (χ4n) is 16.4. The number of imidazole rings is 1. The Balaban J connectivity index is 0.00000522. The number of benzene rings is 8. The highest BCUT2D eigenvalue weighted by Crippen LogP contribution is 2.47. The first-order valence-corrected chi connectivity index (χ1v) is 43.4. The van der Waals surface area contributed by atoms with Gasteiger partial charge in [-0.2, -0.15) is 0 Å². The summed E-state index contributed by atoms with van der Waals surface area (Å²) >= 11 is 0. The second kappa shape index (κ2) is 41.7. The number of sulfonamides is 1. The van der Waals surface area contributed by atoms with E-state index in [1.807, 2.05) is 158 Å². The van der Waals surface area contributed by atoms with Gasteiger partial charge < -0.3 is 71.6 Å². The van der Waals surface area contributed by atoms with E-state index in [2.05, 4.69) is 48.4 Å². The number of carboxylic acids is 1. The molecule has 6 atom stereocenters. The lowest BCUT2D eigenvalue weighted by atomic mass is 9.77. The quantitative estimate of drug-likeness (QED) is 0.00332. The molecule has 3 heterocycles.